The first-order valence-electron chi connectivity index (χ1n) is 17.4. The SMILES string of the molecule is CC(C)(C)Cc1cccc2c(-c3ncnc4c3oc3c5ccccc5ccc43)[c-]ccc12.CCC(CC)C(=O)/C(C)=C(\O)C(CC)CC.[Ir]. The molecule has 0 spiro atoms. The average molecular weight is 834 g/mol. The molecule has 6 rings (SSSR count). The predicted molar refractivity (Wildman–Crippen MR) is 200 cm³/mol. The zero-order valence-electron chi connectivity index (χ0n) is 30.1. The van der Waals surface area contributed by atoms with Crippen molar-refractivity contribution in [2.75, 3.05) is 0 Å². The average Bonchev–Trinajstić information content (AvgIpc) is 3.48. The molecule has 0 atom stereocenters. The van der Waals surface area contributed by atoms with Crippen LogP contribution in [0.15, 0.2) is 88.8 Å². The van der Waals surface area contributed by atoms with Crippen molar-refractivity contribution >= 4 is 49.4 Å². The van der Waals surface area contributed by atoms with E-state index in [0.29, 0.717) is 16.9 Å². The number of allylic oxidation sites excluding steroid dienone is 2. The summed E-state index contributed by atoms with van der Waals surface area (Å²) in [6, 6.07) is 26.6. The molecule has 0 amide bonds. The summed E-state index contributed by atoms with van der Waals surface area (Å²) in [5, 5.41) is 15.7. The number of furan rings is 1. The van der Waals surface area contributed by atoms with Gasteiger partial charge in [-0.05, 0) is 55.9 Å². The molecule has 0 unspecified atom stereocenters. The van der Waals surface area contributed by atoms with E-state index in [0.717, 1.165) is 76.0 Å². The van der Waals surface area contributed by atoms with Crippen LogP contribution in [0.4, 0.5) is 0 Å². The van der Waals surface area contributed by atoms with Gasteiger partial charge in [0.1, 0.15) is 28.8 Å². The number of aliphatic hydroxyl groups is 1. The molecule has 259 valence electrons. The Morgan fingerprint density at radius 2 is 1.47 bits per heavy atom. The van der Waals surface area contributed by atoms with E-state index in [1.54, 1.807) is 13.3 Å². The fourth-order valence-corrected chi connectivity index (χ4v) is 6.79. The number of aliphatic hydroxyl groups excluding tert-OH is 1. The van der Waals surface area contributed by atoms with Gasteiger partial charge in [-0.15, -0.1) is 23.8 Å². The standard InChI is InChI=1S/C29H23N2O.C14H26O2.Ir/c1-29(2,3)16-19-9-6-12-22-20(19)11-7-13-23(22)25-28-26(31-17-30-25)24-15-14-18-8-4-5-10-21(18)27(24)32-28;1-6-11(7-2)13(15)10(5)14(16)12(8-3)9-4;/h4-12,14-15,17H,16H2,1-3H3;11-12,15H,6-9H2,1-5H3;/q-1;;/b;13-10-;. The van der Waals surface area contributed by atoms with Gasteiger partial charge in [-0.1, -0.05) is 113 Å². The Balaban J connectivity index is 0.000000274. The van der Waals surface area contributed by atoms with E-state index in [-0.39, 0.29) is 43.1 Å². The number of hydrogen-bond donors (Lipinski definition) is 1. The molecule has 5 nitrogen and oxygen atoms in total. The number of rotatable bonds is 9. The molecule has 6 aromatic rings. The van der Waals surface area contributed by atoms with Crippen molar-refractivity contribution in [2.45, 2.75) is 87.5 Å². The molecule has 0 aliphatic rings. The van der Waals surface area contributed by atoms with Crippen LogP contribution in [0.5, 0.6) is 0 Å². The van der Waals surface area contributed by atoms with Crippen LogP contribution in [0.25, 0.3) is 54.9 Å². The van der Waals surface area contributed by atoms with Crippen molar-refractivity contribution in [3.05, 3.63) is 96.0 Å². The summed E-state index contributed by atoms with van der Waals surface area (Å²) >= 11 is 0. The summed E-state index contributed by atoms with van der Waals surface area (Å²) in [7, 11) is 0. The van der Waals surface area contributed by atoms with E-state index in [9.17, 15) is 9.90 Å². The van der Waals surface area contributed by atoms with Crippen LogP contribution >= 0.6 is 0 Å². The normalized spacial score (nSPS) is 12.4. The third-order valence-electron chi connectivity index (χ3n) is 9.53. The fraction of sp³-hybridized carbons (Fsp3) is 0.372. The van der Waals surface area contributed by atoms with Crippen molar-refractivity contribution in [2.24, 2.45) is 17.3 Å². The van der Waals surface area contributed by atoms with Crippen molar-refractivity contribution in [1.82, 2.24) is 9.97 Å². The topological polar surface area (TPSA) is 76.2 Å². The number of hydrogen-bond acceptors (Lipinski definition) is 5. The maximum Gasteiger partial charge on any atom is 0.164 e. The van der Waals surface area contributed by atoms with Crippen molar-refractivity contribution in [3.63, 3.8) is 0 Å². The molecular formula is C43H49IrN2O3-. The van der Waals surface area contributed by atoms with Gasteiger partial charge in [0.25, 0.3) is 0 Å². The van der Waals surface area contributed by atoms with Gasteiger partial charge >= 0.3 is 0 Å². The van der Waals surface area contributed by atoms with Gasteiger partial charge in [-0.25, -0.2) is 4.98 Å². The summed E-state index contributed by atoms with van der Waals surface area (Å²) in [5.41, 5.74) is 6.26. The van der Waals surface area contributed by atoms with Crippen LogP contribution in [0, 0.1) is 23.3 Å². The third kappa shape index (κ3) is 7.97. The summed E-state index contributed by atoms with van der Waals surface area (Å²) in [6.45, 7) is 16.7. The number of Topliss-reactive ketones (excluding diaryl/α,β-unsaturated/α-hetero) is 1. The third-order valence-corrected chi connectivity index (χ3v) is 9.53. The Labute approximate surface area is 304 Å². The molecule has 1 radical (unpaired) electrons. The molecule has 0 saturated heterocycles. The molecule has 1 N–H and O–H groups in total. The largest absolute Gasteiger partial charge is 0.512 e. The minimum atomic E-state index is 0. The van der Waals surface area contributed by atoms with Gasteiger partial charge in [-0.3, -0.25) is 9.78 Å². The van der Waals surface area contributed by atoms with Crippen LogP contribution in [0.1, 0.15) is 86.6 Å². The summed E-state index contributed by atoms with van der Waals surface area (Å²) in [5.74, 6) is 0.631. The molecule has 0 aliphatic heterocycles. The Morgan fingerprint density at radius 3 is 2.14 bits per heavy atom. The van der Waals surface area contributed by atoms with Gasteiger partial charge in [0, 0.05) is 54.0 Å². The second kappa shape index (κ2) is 16.2. The Bertz CT molecular complexity index is 2100. The van der Waals surface area contributed by atoms with Crippen molar-refractivity contribution in [3.8, 4) is 11.3 Å². The van der Waals surface area contributed by atoms with Crippen LogP contribution < -0.4 is 0 Å². The molecule has 2 aromatic heterocycles. The molecular weight excluding hydrogens is 785 g/mol. The maximum absolute atomic E-state index is 12.1. The number of carbonyl (C=O) groups is 1. The zero-order valence-corrected chi connectivity index (χ0v) is 32.5. The molecule has 0 saturated carbocycles. The first-order valence-corrected chi connectivity index (χ1v) is 17.4. The van der Waals surface area contributed by atoms with Gasteiger partial charge in [0.2, 0.25) is 0 Å². The number of aromatic nitrogens is 2. The van der Waals surface area contributed by atoms with E-state index in [4.69, 9.17) is 4.42 Å². The number of carbonyl (C=O) groups excluding carboxylic acids is 1. The number of ketones is 1. The Hall–Kier alpha value is -3.86. The first kappa shape index (κ1) is 37.9. The number of nitrogens with zero attached hydrogens (tertiary/aromatic N) is 2. The fourth-order valence-electron chi connectivity index (χ4n) is 6.79. The molecule has 4 aromatic carbocycles. The minimum Gasteiger partial charge on any atom is -0.512 e. The molecule has 0 aliphatic carbocycles. The Morgan fingerprint density at radius 1 is 0.796 bits per heavy atom. The van der Waals surface area contributed by atoms with Gasteiger partial charge < -0.3 is 9.52 Å². The second-order valence-electron chi connectivity index (χ2n) is 14.0. The molecule has 0 bridgehead atoms. The maximum atomic E-state index is 12.1. The van der Waals surface area contributed by atoms with Gasteiger partial charge in [-0.2, -0.15) is 0 Å². The zero-order chi connectivity index (χ0) is 34.6. The van der Waals surface area contributed by atoms with Crippen LogP contribution in [0.3, 0.4) is 0 Å². The van der Waals surface area contributed by atoms with Gasteiger partial charge in [0.15, 0.2) is 5.78 Å². The smallest absolute Gasteiger partial charge is 0.164 e. The first-order chi connectivity index (χ1) is 23.0. The van der Waals surface area contributed by atoms with E-state index >= 15 is 0 Å². The monoisotopic (exact) mass is 834 g/mol. The Kier molecular flexibility index (Phi) is 12.6. The van der Waals surface area contributed by atoms with E-state index in [2.05, 4.69) is 85.3 Å². The van der Waals surface area contributed by atoms with E-state index in [1.807, 2.05) is 45.9 Å². The second-order valence-corrected chi connectivity index (χ2v) is 14.0. The van der Waals surface area contributed by atoms with Crippen molar-refractivity contribution < 1.29 is 34.4 Å². The minimum absolute atomic E-state index is 0. The molecule has 49 heavy (non-hydrogen) atoms. The quantitative estimate of drug-likeness (QED) is 0.0892. The van der Waals surface area contributed by atoms with E-state index < -0.39 is 0 Å². The molecule has 2 heterocycles. The molecule has 6 heteroatoms. The van der Waals surface area contributed by atoms with Gasteiger partial charge in [0.05, 0.1) is 0 Å². The van der Waals surface area contributed by atoms with Crippen molar-refractivity contribution in [1.29, 1.82) is 0 Å². The number of benzene rings is 4. The summed E-state index contributed by atoms with van der Waals surface area (Å²) in [6.07, 6.45) is 6.11. The van der Waals surface area contributed by atoms with Crippen LogP contribution in [0.2, 0.25) is 0 Å². The van der Waals surface area contributed by atoms with Crippen LogP contribution in [-0.4, -0.2) is 20.9 Å². The summed E-state index contributed by atoms with van der Waals surface area (Å²) in [4.78, 5) is 21.3. The molecule has 0 fully saturated rings. The number of fused-ring (bicyclic) bond motifs is 6. The van der Waals surface area contributed by atoms with E-state index in [1.165, 1.54) is 10.9 Å². The van der Waals surface area contributed by atoms with Crippen LogP contribution in [-0.2, 0) is 31.3 Å². The predicted octanol–water partition coefficient (Wildman–Crippen LogP) is 12.0. The summed E-state index contributed by atoms with van der Waals surface area (Å²) < 4.78 is 6.47.